The Balaban J connectivity index is 2.29. The third-order valence-corrected chi connectivity index (χ3v) is 3.19. The predicted octanol–water partition coefficient (Wildman–Crippen LogP) is 2.87. The molecule has 2 rings (SSSR count). The van der Waals surface area contributed by atoms with E-state index in [1.54, 1.807) is 31.2 Å². The summed E-state index contributed by atoms with van der Waals surface area (Å²) in [5, 5.41) is 13.2. The second-order valence-corrected chi connectivity index (χ2v) is 5.10. The molecule has 2 N–H and O–H groups in total. The van der Waals surface area contributed by atoms with Gasteiger partial charge in [-0.2, -0.15) is 0 Å². The molecule has 0 fully saturated rings. The molecule has 4 heteroatoms. The molecule has 2 aromatic carbocycles. The van der Waals surface area contributed by atoms with Crippen molar-refractivity contribution < 1.29 is 14.3 Å². The van der Waals surface area contributed by atoms with Gasteiger partial charge >= 0.3 is 0 Å². The van der Waals surface area contributed by atoms with Gasteiger partial charge in [-0.3, -0.25) is 4.79 Å². The van der Waals surface area contributed by atoms with Gasteiger partial charge in [-0.15, -0.1) is 0 Å². The van der Waals surface area contributed by atoms with Crippen molar-refractivity contribution in [2.24, 2.45) is 0 Å². The molecule has 1 amide bonds. The molecule has 0 saturated heterocycles. The number of carbonyl (C=O) groups is 1. The van der Waals surface area contributed by atoms with Crippen LogP contribution >= 0.6 is 0 Å². The summed E-state index contributed by atoms with van der Waals surface area (Å²) >= 11 is 0. The summed E-state index contributed by atoms with van der Waals surface area (Å²) in [7, 11) is 0. The van der Waals surface area contributed by atoms with Gasteiger partial charge in [-0.25, -0.2) is 4.39 Å². The van der Waals surface area contributed by atoms with Gasteiger partial charge in [0.15, 0.2) is 0 Å². The van der Waals surface area contributed by atoms with Crippen LogP contribution in [0, 0.1) is 5.82 Å². The van der Waals surface area contributed by atoms with Crippen molar-refractivity contribution in [2.45, 2.75) is 32.4 Å². The van der Waals surface area contributed by atoms with Crippen LogP contribution in [-0.2, 0) is 0 Å². The Hall–Kier alpha value is -1.94. The molecule has 106 valence electrons. The summed E-state index contributed by atoms with van der Waals surface area (Å²) in [5.41, 5.74) is 0.444. The largest absolute Gasteiger partial charge is 0.393 e. The van der Waals surface area contributed by atoms with E-state index in [2.05, 4.69) is 5.32 Å². The lowest BCUT2D eigenvalue weighted by Gasteiger charge is -2.16. The molecule has 2 unspecified atom stereocenters. The summed E-state index contributed by atoms with van der Waals surface area (Å²) in [6.45, 7) is 3.51. The van der Waals surface area contributed by atoms with Gasteiger partial charge in [0.25, 0.3) is 5.91 Å². The van der Waals surface area contributed by atoms with Crippen LogP contribution in [0.2, 0.25) is 0 Å². The van der Waals surface area contributed by atoms with E-state index < -0.39 is 6.10 Å². The van der Waals surface area contributed by atoms with Crippen LogP contribution < -0.4 is 5.32 Å². The van der Waals surface area contributed by atoms with Gasteiger partial charge in [0.05, 0.1) is 6.10 Å². The molecule has 0 aliphatic heterocycles. The van der Waals surface area contributed by atoms with E-state index in [9.17, 15) is 14.3 Å². The molecule has 0 heterocycles. The minimum absolute atomic E-state index is 0.147. The second kappa shape index (κ2) is 6.01. The average molecular weight is 275 g/mol. The second-order valence-electron chi connectivity index (χ2n) is 5.10. The Kier molecular flexibility index (Phi) is 4.35. The Labute approximate surface area is 117 Å². The maximum Gasteiger partial charge on any atom is 0.252 e. The van der Waals surface area contributed by atoms with Crippen LogP contribution in [0.25, 0.3) is 10.8 Å². The fourth-order valence-corrected chi connectivity index (χ4v) is 2.33. The van der Waals surface area contributed by atoms with Crippen LogP contribution in [0.4, 0.5) is 4.39 Å². The topological polar surface area (TPSA) is 49.3 Å². The first-order valence-corrected chi connectivity index (χ1v) is 6.65. The fraction of sp³-hybridized carbons (Fsp3) is 0.312. The van der Waals surface area contributed by atoms with E-state index in [0.717, 1.165) is 0 Å². The number of halogens is 1. The molecule has 0 aliphatic rings. The van der Waals surface area contributed by atoms with E-state index in [0.29, 0.717) is 22.8 Å². The summed E-state index contributed by atoms with van der Waals surface area (Å²) in [6, 6.07) is 9.54. The Morgan fingerprint density at radius 2 is 1.85 bits per heavy atom. The minimum atomic E-state index is -0.477. The van der Waals surface area contributed by atoms with Gasteiger partial charge in [0.2, 0.25) is 0 Å². The van der Waals surface area contributed by atoms with Crippen LogP contribution in [0.5, 0.6) is 0 Å². The first kappa shape index (κ1) is 14.5. The zero-order chi connectivity index (χ0) is 14.7. The summed E-state index contributed by atoms with van der Waals surface area (Å²) in [5.74, 6) is -0.594. The number of hydrogen-bond acceptors (Lipinski definition) is 2. The Morgan fingerprint density at radius 3 is 2.50 bits per heavy atom. The van der Waals surface area contributed by atoms with Crippen molar-refractivity contribution >= 4 is 16.7 Å². The van der Waals surface area contributed by atoms with E-state index in [-0.39, 0.29) is 17.8 Å². The average Bonchev–Trinajstić information content (AvgIpc) is 2.38. The number of hydrogen-bond donors (Lipinski definition) is 2. The monoisotopic (exact) mass is 275 g/mol. The highest BCUT2D eigenvalue weighted by molar-refractivity contribution is 6.07. The fourth-order valence-electron chi connectivity index (χ4n) is 2.33. The van der Waals surface area contributed by atoms with E-state index in [1.807, 2.05) is 6.92 Å². The number of fused-ring (bicyclic) bond motifs is 1. The molecule has 2 aromatic rings. The van der Waals surface area contributed by atoms with Crippen LogP contribution in [-0.4, -0.2) is 23.2 Å². The Bertz CT molecular complexity index is 625. The highest BCUT2D eigenvalue weighted by atomic mass is 19.1. The molecule has 20 heavy (non-hydrogen) atoms. The molecule has 2 atom stereocenters. The number of aliphatic hydroxyl groups excluding tert-OH is 1. The molecule has 0 aliphatic carbocycles. The number of nitrogens with one attached hydrogen (secondary N) is 1. The maximum atomic E-state index is 13.7. The normalized spacial score (nSPS) is 14.0. The Morgan fingerprint density at radius 1 is 1.20 bits per heavy atom. The molecule has 0 saturated carbocycles. The maximum absolute atomic E-state index is 13.7. The number of benzene rings is 2. The molecule has 0 aromatic heterocycles. The van der Waals surface area contributed by atoms with Gasteiger partial charge in [-0.1, -0.05) is 24.3 Å². The zero-order valence-electron chi connectivity index (χ0n) is 11.6. The minimum Gasteiger partial charge on any atom is -0.393 e. The molecular formula is C16H18FNO2. The first-order valence-electron chi connectivity index (χ1n) is 6.65. The molecule has 0 radical (unpaired) electrons. The SMILES string of the molecule is CC(O)CC(C)NC(=O)c1ccc(F)c2ccccc12. The van der Waals surface area contributed by atoms with E-state index in [4.69, 9.17) is 0 Å². The highest BCUT2D eigenvalue weighted by Crippen LogP contribution is 2.21. The van der Waals surface area contributed by atoms with Gasteiger partial charge in [-0.05, 0) is 37.8 Å². The van der Waals surface area contributed by atoms with Gasteiger partial charge in [0.1, 0.15) is 5.82 Å². The summed E-state index contributed by atoms with van der Waals surface area (Å²) in [6.07, 6.45) is 0.000442. The van der Waals surface area contributed by atoms with Crippen molar-refractivity contribution in [2.75, 3.05) is 0 Å². The molecule has 3 nitrogen and oxygen atoms in total. The lowest BCUT2D eigenvalue weighted by Crippen LogP contribution is -2.34. The van der Waals surface area contributed by atoms with Crippen molar-refractivity contribution in [3.05, 3.63) is 47.8 Å². The first-order chi connectivity index (χ1) is 9.49. The molecular weight excluding hydrogens is 257 g/mol. The van der Waals surface area contributed by atoms with Crippen molar-refractivity contribution in [3.63, 3.8) is 0 Å². The number of rotatable bonds is 4. The quantitative estimate of drug-likeness (QED) is 0.901. The number of aliphatic hydroxyl groups is 1. The van der Waals surface area contributed by atoms with Crippen LogP contribution in [0.15, 0.2) is 36.4 Å². The third kappa shape index (κ3) is 3.14. The third-order valence-electron chi connectivity index (χ3n) is 3.19. The van der Waals surface area contributed by atoms with E-state index >= 15 is 0 Å². The number of amides is 1. The summed E-state index contributed by atoms with van der Waals surface area (Å²) < 4.78 is 13.7. The van der Waals surface area contributed by atoms with Crippen LogP contribution in [0.1, 0.15) is 30.6 Å². The predicted molar refractivity (Wildman–Crippen MR) is 77.1 cm³/mol. The standard InChI is InChI=1S/C16H18FNO2/c1-10(9-11(2)19)18-16(20)14-7-8-15(17)13-6-4-3-5-12(13)14/h3-8,10-11,19H,9H2,1-2H3,(H,18,20). The number of carbonyl (C=O) groups excluding carboxylic acids is 1. The van der Waals surface area contributed by atoms with E-state index in [1.165, 1.54) is 12.1 Å². The van der Waals surface area contributed by atoms with Crippen molar-refractivity contribution in [1.29, 1.82) is 0 Å². The molecule has 0 spiro atoms. The zero-order valence-corrected chi connectivity index (χ0v) is 11.6. The van der Waals surface area contributed by atoms with Gasteiger partial charge in [0, 0.05) is 17.0 Å². The van der Waals surface area contributed by atoms with Crippen molar-refractivity contribution in [3.8, 4) is 0 Å². The molecule has 0 bridgehead atoms. The summed E-state index contributed by atoms with van der Waals surface area (Å²) in [4.78, 5) is 12.2. The smallest absolute Gasteiger partial charge is 0.252 e. The van der Waals surface area contributed by atoms with Gasteiger partial charge < -0.3 is 10.4 Å². The lowest BCUT2D eigenvalue weighted by atomic mass is 10.0. The lowest BCUT2D eigenvalue weighted by molar-refractivity contribution is 0.0924. The van der Waals surface area contributed by atoms with Crippen LogP contribution in [0.3, 0.4) is 0 Å². The van der Waals surface area contributed by atoms with Crippen molar-refractivity contribution in [1.82, 2.24) is 5.32 Å². The highest BCUT2D eigenvalue weighted by Gasteiger charge is 2.15.